The third-order valence-electron chi connectivity index (χ3n) is 2.53. The Morgan fingerprint density at radius 1 is 1.58 bits per heavy atom. The lowest BCUT2D eigenvalue weighted by atomic mass is 10.0. The molecule has 0 aromatic rings. The number of hydrogen-bond acceptors (Lipinski definition) is 1. The molecule has 1 saturated carbocycles. The van der Waals surface area contributed by atoms with Crippen molar-refractivity contribution in [2.75, 3.05) is 0 Å². The van der Waals surface area contributed by atoms with Crippen LogP contribution < -0.4 is 0 Å². The molecule has 0 N–H and O–H groups in total. The Hall–Kier alpha value is -0.540. The molecule has 1 rings (SSSR count). The summed E-state index contributed by atoms with van der Waals surface area (Å²) in [6.45, 7) is 1.82. The molecule has 1 aliphatic carbocycles. The SMILES string of the molecule is CCCC1CC1(C=O)C(F)(F)F. The van der Waals surface area contributed by atoms with Crippen LogP contribution in [0, 0.1) is 11.3 Å². The number of carbonyl (C=O) groups excluding carboxylic acids is 1. The molecule has 0 bridgehead atoms. The molecule has 0 amide bonds. The molecule has 1 aliphatic rings. The van der Waals surface area contributed by atoms with Gasteiger partial charge in [-0.2, -0.15) is 13.2 Å². The second-order valence-corrected chi connectivity index (χ2v) is 3.35. The van der Waals surface area contributed by atoms with Crippen LogP contribution in [0.5, 0.6) is 0 Å². The molecule has 2 atom stereocenters. The Bertz CT molecular complexity index is 187. The summed E-state index contributed by atoms with van der Waals surface area (Å²) in [5.74, 6) is -0.458. The zero-order chi connectivity index (χ0) is 9.41. The van der Waals surface area contributed by atoms with E-state index in [1.54, 1.807) is 0 Å². The number of alkyl halides is 3. The topological polar surface area (TPSA) is 17.1 Å². The minimum Gasteiger partial charge on any atom is -0.302 e. The van der Waals surface area contributed by atoms with Crippen LogP contribution >= 0.6 is 0 Å². The Morgan fingerprint density at radius 3 is 2.42 bits per heavy atom. The van der Waals surface area contributed by atoms with E-state index < -0.39 is 17.5 Å². The maximum atomic E-state index is 12.2. The quantitative estimate of drug-likeness (QED) is 0.610. The van der Waals surface area contributed by atoms with E-state index in [0.717, 1.165) is 0 Å². The maximum absolute atomic E-state index is 12.2. The summed E-state index contributed by atoms with van der Waals surface area (Å²) in [5, 5.41) is 0. The summed E-state index contributed by atoms with van der Waals surface area (Å²) < 4.78 is 36.7. The first kappa shape index (κ1) is 9.55. The van der Waals surface area contributed by atoms with Gasteiger partial charge in [-0.3, -0.25) is 0 Å². The van der Waals surface area contributed by atoms with Crippen molar-refractivity contribution in [1.82, 2.24) is 0 Å². The average Bonchev–Trinajstić information content (AvgIpc) is 2.63. The van der Waals surface area contributed by atoms with Crippen LogP contribution in [-0.2, 0) is 4.79 Å². The van der Waals surface area contributed by atoms with Gasteiger partial charge in [0, 0.05) is 0 Å². The Balaban J connectivity index is 2.65. The molecule has 0 spiro atoms. The molecule has 1 nitrogen and oxygen atoms in total. The van der Waals surface area contributed by atoms with Crippen LogP contribution in [0.25, 0.3) is 0 Å². The molecule has 0 heterocycles. The summed E-state index contributed by atoms with van der Waals surface area (Å²) in [5.41, 5.74) is -1.98. The molecule has 12 heavy (non-hydrogen) atoms. The highest BCUT2D eigenvalue weighted by Gasteiger charge is 2.70. The molecule has 1 fully saturated rings. The van der Waals surface area contributed by atoms with Gasteiger partial charge in [0.2, 0.25) is 0 Å². The van der Waals surface area contributed by atoms with Crippen LogP contribution in [0.1, 0.15) is 26.2 Å². The van der Waals surface area contributed by atoms with Gasteiger partial charge in [0.15, 0.2) is 0 Å². The lowest BCUT2D eigenvalue weighted by molar-refractivity contribution is -0.188. The standard InChI is InChI=1S/C8H11F3O/c1-2-3-6-4-7(6,5-12)8(9,10)11/h5-6H,2-4H2,1H3. The van der Waals surface area contributed by atoms with Gasteiger partial charge in [-0.1, -0.05) is 13.3 Å². The third-order valence-corrected chi connectivity index (χ3v) is 2.53. The molecular weight excluding hydrogens is 169 g/mol. The number of aldehydes is 1. The fourth-order valence-corrected chi connectivity index (χ4v) is 1.62. The molecule has 0 aliphatic heterocycles. The first-order chi connectivity index (χ1) is 5.48. The predicted octanol–water partition coefficient (Wildman–Crippen LogP) is 2.55. The van der Waals surface area contributed by atoms with Crippen molar-refractivity contribution in [3.05, 3.63) is 0 Å². The zero-order valence-corrected chi connectivity index (χ0v) is 6.82. The first-order valence-corrected chi connectivity index (χ1v) is 4.01. The molecule has 0 radical (unpaired) electrons. The van der Waals surface area contributed by atoms with Gasteiger partial charge in [0.1, 0.15) is 11.7 Å². The monoisotopic (exact) mass is 180 g/mol. The average molecular weight is 180 g/mol. The van der Waals surface area contributed by atoms with E-state index in [-0.39, 0.29) is 12.7 Å². The smallest absolute Gasteiger partial charge is 0.302 e. The second kappa shape index (κ2) is 2.75. The molecular formula is C8H11F3O. The van der Waals surface area contributed by atoms with Gasteiger partial charge >= 0.3 is 6.18 Å². The van der Waals surface area contributed by atoms with E-state index >= 15 is 0 Å². The van der Waals surface area contributed by atoms with Crippen LogP contribution in [0.3, 0.4) is 0 Å². The highest BCUT2D eigenvalue weighted by molar-refractivity contribution is 5.66. The Kier molecular flexibility index (Phi) is 2.19. The minimum atomic E-state index is -4.34. The zero-order valence-electron chi connectivity index (χ0n) is 6.82. The van der Waals surface area contributed by atoms with E-state index in [4.69, 9.17) is 0 Å². The highest BCUT2D eigenvalue weighted by Crippen LogP contribution is 2.62. The van der Waals surface area contributed by atoms with Crippen molar-refractivity contribution in [1.29, 1.82) is 0 Å². The van der Waals surface area contributed by atoms with Crippen molar-refractivity contribution >= 4 is 6.29 Å². The molecule has 0 aromatic carbocycles. The minimum absolute atomic E-state index is 0.00611. The first-order valence-electron chi connectivity index (χ1n) is 4.01. The summed E-state index contributed by atoms with van der Waals surface area (Å²) >= 11 is 0. The third kappa shape index (κ3) is 1.23. The molecule has 2 unspecified atom stereocenters. The van der Waals surface area contributed by atoms with E-state index in [1.165, 1.54) is 0 Å². The van der Waals surface area contributed by atoms with E-state index in [0.29, 0.717) is 12.8 Å². The van der Waals surface area contributed by atoms with Crippen molar-refractivity contribution in [2.24, 2.45) is 11.3 Å². The molecule has 4 heteroatoms. The molecule has 70 valence electrons. The van der Waals surface area contributed by atoms with Crippen molar-refractivity contribution in [3.8, 4) is 0 Å². The van der Waals surface area contributed by atoms with Gasteiger partial charge < -0.3 is 4.79 Å². The fourth-order valence-electron chi connectivity index (χ4n) is 1.62. The molecule has 0 saturated heterocycles. The van der Waals surface area contributed by atoms with Gasteiger partial charge in [-0.15, -0.1) is 0 Å². The second-order valence-electron chi connectivity index (χ2n) is 3.35. The van der Waals surface area contributed by atoms with Crippen LogP contribution in [-0.4, -0.2) is 12.5 Å². The van der Waals surface area contributed by atoms with E-state index in [9.17, 15) is 18.0 Å². The Morgan fingerprint density at radius 2 is 2.17 bits per heavy atom. The van der Waals surface area contributed by atoms with E-state index in [1.807, 2.05) is 6.92 Å². The summed E-state index contributed by atoms with van der Waals surface area (Å²) in [6.07, 6.45) is -3.07. The van der Waals surface area contributed by atoms with Crippen LogP contribution in [0.15, 0.2) is 0 Å². The highest BCUT2D eigenvalue weighted by atomic mass is 19.4. The van der Waals surface area contributed by atoms with Crippen LogP contribution in [0.4, 0.5) is 13.2 Å². The number of carbonyl (C=O) groups is 1. The number of hydrogen-bond donors (Lipinski definition) is 0. The normalized spacial score (nSPS) is 34.8. The largest absolute Gasteiger partial charge is 0.401 e. The maximum Gasteiger partial charge on any atom is 0.401 e. The fraction of sp³-hybridized carbons (Fsp3) is 0.875. The summed E-state index contributed by atoms with van der Waals surface area (Å²) in [7, 11) is 0. The van der Waals surface area contributed by atoms with Crippen molar-refractivity contribution < 1.29 is 18.0 Å². The van der Waals surface area contributed by atoms with Gasteiger partial charge in [0.05, 0.1) is 0 Å². The summed E-state index contributed by atoms with van der Waals surface area (Å²) in [6, 6.07) is 0. The van der Waals surface area contributed by atoms with Gasteiger partial charge in [0.25, 0.3) is 0 Å². The lowest BCUT2D eigenvalue weighted by Gasteiger charge is -2.13. The summed E-state index contributed by atoms with van der Waals surface area (Å²) in [4.78, 5) is 10.3. The van der Waals surface area contributed by atoms with Crippen molar-refractivity contribution in [3.63, 3.8) is 0 Å². The molecule has 0 aromatic heterocycles. The number of halogens is 3. The number of rotatable bonds is 3. The van der Waals surface area contributed by atoms with E-state index in [2.05, 4.69) is 0 Å². The predicted molar refractivity (Wildman–Crippen MR) is 37.6 cm³/mol. The Labute approximate surface area is 68.9 Å². The van der Waals surface area contributed by atoms with Gasteiger partial charge in [-0.05, 0) is 18.8 Å². The van der Waals surface area contributed by atoms with Crippen LogP contribution in [0.2, 0.25) is 0 Å². The van der Waals surface area contributed by atoms with Gasteiger partial charge in [-0.25, -0.2) is 0 Å². The van der Waals surface area contributed by atoms with Crippen molar-refractivity contribution in [2.45, 2.75) is 32.4 Å². The lowest BCUT2D eigenvalue weighted by Crippen LogP contribution is -2.28.